The van der Waals surface area contributed by atoms with E-state index in [2.05, 4.69) is 10.2 Å². The fourth-order valence-corrected chi connectivity index (χ4v) is 3.03. The number of nitrogens with zero attached hydrogens (tertiary/aromatic N) is 3. The molecule has 3 aromatic rings. The lowest BCUT2D eigenvalue weighted by molar-refractivity contribution is -0.117. The van der Waals surface area contributed by atoms with Gasteiger partial charge in [-0.25, -0.2) is 0 Å². The van der Waals surface area contributed by atoms with Crippen molar-refractivity contribution < 1.29 is 9.21 Å². The predicted octanol–water partition coefficient (Wildman–Crippen LogP) is 3.21. The number of primary amides is 1. The second-order valence-electron chi connectivity index (χ2n) is 5.14. The number of rotatable bonds is 6. The van der Waals surface area contributed by atoms with Crippen LogP contribution in [0.15, 0.2) is 52.2 Å². The molecule has 0 aliphatic carbocycles. The Kier molecular flexibility index (Phi) is 4.92. The summed E-state index contributed by atoms with van der Waals surface area (Å²) < 4.78 is 7.32. The molecule has 1 amide bonds. The van der Waals surface area contributed by atoms with Crippen molar-refractivity contribution in [2.75, 3.05) is 0 Å². The SMILES string of the molecule is C[C@H](Sc1nnc(-c2ccc(Cl)cc2)n1Cc1ccco1)C(N)=O. The fourth-order valence-electron chi connectivity index (χ4n) is 2.11. The monoisotopic (exact) mass is 362 g/mol. The summed E-state index contributed by atoms with van der Waals surface area (Å²) in [6.45, 7) is 2.19. The molecule has 8 heteroatoms. The largest absolute Gasteiger partial charge is 0.467 e. The molecule has 6 nitrogen and oxygen atoms in total. The van der Waals surface area contributed by atoms with Gasteiger partial charge in [-0.1, -0.05) is 23.4 Å². The number of carbonyl (C=O) groups excluding carboxylic acids is 1. The van der Waals surface area contributed by atoms with Gasteiger partial charge in [0.05, 0.1) is 18.1 Å². The summed E-state index contributed by atoms with van der Waals surface area (Å²) in [5, 5.41) is 9.31. The molecule has 0 aliphatic rings. The highest BCUT2D eigenvalue weighted by molar-refractivity contribution is 8.00. The third-order valence-corrected chi connectivity index (χ3v) is 4.75. The molecule has 0 aliphatic heterocycles. The Hall–Kier alpha value is -2.25. The molecular weight excluding hydrogens is 348 g/mol. The van der Waals surface area contributed by atoms with Crippen molar-refractivity contribution in [2.24, 2.45) is 5.73 Å². The third-order valence-electron chi connectivity index (χ3n) is 3.40. The molecule has 0 saturated heterocycles. The highest BCUT2D eigenvalue weighted by Gasteiger charge is 2.20. The van der Waals surface area contributed by atoms with Crippen LogP contribution < -0.4 is 5.73 Å². The number of furan rings is 1. The van der Waals surface area contributed by atoms with Gasteiger partial charge in [-0.3, -0.25) is 9.36 Å². The molecule has 0 bridgehead atoms. The van der Waals surface area contributed by atoms with Crippen molar-refractivity contribution in [3.8, 4) is 11.4 Å². The molecule has 24 heavy (non-hydrogen) atoms. The van der Waals surface area contributed by atoms with Gasteiger partial charge in [0.25, 0.3) is 0 Å². The summed E-state index contributed by atoms with van der Waals surface area (Å²) in [6, 6.07) is 11.0. The smallest absolute Gasteiger partial charge is 0.230 e. The van der Waals surface area contributed by atoms with Crippen molar-refractivity contribution in [3.05, 3.63) is 53.4 Å². The molecule has 0 fully saturated rings. The first kappa shape index (κ1) is 16.6. The number of carbonyl (C=O) groups is 1. The van der Waals surface area contributed by atoms with Crippen LogP contribution >= 0.6 is 23.4 Å². The van der Waals surface area contributed by atoms with Crippen LogP contribution in [0.25, 0.3) is 11.4 Å². The molecule has 2 aromatic heterocycles. The maximum absolute atomic E-state index is 11.4. The van der Waals surface area contributed by atoms with Gasteiger partial charge < -0.3 is 10.2 Å². The van der Waals surface area contributed by atoms with Crippen LogP contribution in [-0.2, 0) is 11.3 Å². The standard InChI is InChI=1S/C16H15ClN4O2S/c1-10(14(18)22)24-16-20-19-15(11-4-6-12(17)7-5-11)21(16)9-13-3-2-8-23-13/h2-8,10H,9H2,1H3,(H2,18,22)/t10-/m0/s1. The summed E-state index contributed by atoms with van der Waals surface area (Å²) >= 11 is 7.22. The van der Waals surface area contributed by atoms with Gasteiger partial charge in [-0.05, 0) is 43.3 Å². The molecule has 3 rings (SSSR count). The Labute approximate surface area is 148 Å². The number of hydrogen-bond donors (Lipinski definition) is 1. The topological polar surface area (TPSA) is 86.9 Å². The highest BCUT2D eigenvalue weighted by atomic mass is 35.5. The van der Waals surface area contributed by atoms with Crippen LogP contribution in [0, 0.1) is 0 Å². The number of hydrogen-bond acceptors (Lipinski definition) is 5. The van der Waals surface area contributed by atoms with Crippen LogP contribution in [0.5, 0.6) is 0 Å². The average Bonchev–Trinajstić information content (AvgIpc) is 3.19. The molecule has 2 N–H and O–H groups in total. The number of amides is 1. The quantitative estimate of drug-likeness (QED) is 0.680. The number of aromatic nitrogens is 3. The van der Waals surface area contributed by atoms with Gasteiger partial charge in [-0.15, -0.1) is 10.2 Å². The summed E-state index contributed by atoms with van der Waals surface area (Å²) in [4.78, 5) is 11.4. The van der Waals surface area contributed by atoms with Crippen molar-refractivity contribution in [1.29, 1.82) is 0 Å². The first-order valence-corrected chi connectivity index (χ1v) is 8.48. The first-order valence-electron chi connectivity index (χ1n) is 7.22. The lowest BCUT2D eigenvalue weighted by Gasteiger charge is -2.10. The minimum Gasteiger partial charge on any atom is -0.467 e. The Balaban J connectivity index is 2.00. The molecule has 0 saturated carbocycles. The zero-order valence-electron chi connectivity index (χ0n) is 12.8. The maximum atomic E-state index is 11.4. The Morgan fingerprint density at radius 3 is 2.71 bits per heavy atom. The average molecular weight is 363 g/mol. The number of thioether (sulfide) groups is 1. The van der Waals surface area contributed by atoms with Crippen molar-refractivity contribution in [2.45, 2.75) is 23.9 Å². The molecule has 0 radical (unpaired) electrons. The molecule has 2 heterocycles. The minimum absolute atomic E-state index is 0.402. The number of halogens is 1. The second kappa shape index (κ2) is 7.11. The van der Waals surface area contributed by atoms with E-state index in [0.29, 0.717) is 22.5 Å². The van der Waals surface area contributed by atoms with E-state index in [1.54, 1.807) is 25.3 Å². The summed E-state index contributed by atoms with van der Waals surface area (Å²) in [5.74, 6) is 1.03. The summed E-state index contributed by atoms with van der Waals surface area (Å²) in [6.07, 6.45) is 1.61. The van der Waals surface area contributed by atoms with E-state index in [1.165, 1.54) is 11.8 Å². The second-order valence-corrected chi connectivity index (χ2v) is 6.89. The summed E-state index contributed by atoms with van der Waals surface area (Å²) in [7, 11) is 0. The Morgan fingerprint density at radius 2 is 2.08 bits per heavy atom. The Bertz CT molecular complexity index is 830. The van der Waals surface area contributed by atoms with E-state index in [9.17, 15) is 4.79 Å². The third kappa shape index (κ3) is 3.63. The molecule has 124 valence electrons. The van der Waals surface area contributed by atoms with Crippen molar-refractivity contribution >= 4 is 29.3 Å². The number of benzene rings is 1. The lowest BCUT2D eigenvalue weighted by atomic mass is 10.2. The van der Waals surface area contributed by atoms with E-state index >= 15 is 0 Å². The van der Waals surface area contributed by atoms with Crippen LogP contribution in [0.4, 0.5) is 0 Å². The minimum atomic E-state index is -0.414. The predicted molar refractivity (Wildman–Crippen MR) is 92.8 cm³/mol. The van der Waals surface area contributed by atoms with Crippen molar-refractivity contribution in [1.82, 2.24) is 14.8 Å². The van der Waals surface area contributed by atoms with E-state index in [-0.39, 0.29) is 0 Å². The first-order chi connectivity index (χ1) is 11.5. The normalized spacial score (nSPS) is 12.2. The van der Waals surface area contributed by atoms with Gasteiger partial charge in [-0.2, -0.15) is 0 Å². The lowest BCUT2D eigenvalue weighted by Crippen LogP contribution is -2.23. The highest BCUT2D eigenvalue weighted by Crippen LogP contribution is 2.28. The summed E-state index contributed by atoms with van der Waals surface area (Å²) in [5.41, 5.74) is 6.23. The molecular formula is C16H15ClN4O2S. The van der Waals surface area contributed by atoms with E-state index < -0.39 is 11.2 Å². The van der Waals surface area contributed by atoms with Gasteiger partial charge in [0.1, 0.15) is 5.76 Å². The number of nitrogens with two attached hydrogens (primary N) is 1. The van der Waals surface area contributed by atoms with Gasteiger partial charge in [0.2, 0.25) is 5.91 Å². The van der Waals surface area contributed by atoms with E-state index in [0.717, 1.165) is 11.3 Å². The fraction of sp³-hybridized carbons (Fsp3) is 0.188. The van der Waals surface area contributed by atoms with E-state index in [1.807, 2.05) is 28.8 Å². The van der Waals surface area contributed by atoms with Crippen molar-refractivity contribution in [3.63, 3.8) is 0 Å². The van der Waals surface area contributed by atoms with Crippen LogP contribution in [0.1, 0.15) is 12.7 Å². The maximum Gasteiger partial charge on any atom is 0.230 e. The van der Waals surface area contributed by atoms with E-state index in [4.69, 9.17) is 21.8 Å². The van der Waals surface area contributed by atoms with Gasteiger partial charge in [0, 0.05) is 10.6 Å². The zero-order chi connectivity index (χ0) is 17.1. The van der Waals surface area contributed by atoms with Gasteiger partial charge >= 0.3 is 0 Å². The molecule has 0 unspecified atom stereocenters. The van der Waals surface area contributed by atoms with Crippen LogP contribution in [0.3, 0.4) is 0 Å². The molecule has 0 spiro atoms. The molecule has 1 atom stereocenters. The van der Waals surface area contributed by atoms with Gasteiger partial charge in [0.15, 0.2) is 11.0 Å². The zero-order valence-corrected chi connectivity index (χ0v) is 14.4. The Morgan fingerprint density at radius 1 is 1.33 bits per heavy atom. The van der Waals surface area contributed by atoms with Crippen LogP contribution in [0.2, 0.25) is 5.02 Å². The van der Waals surface area contributed by atoms with Crippen LogP contribution in [-0.4, -0.2) is 25.9 Å². The molecule has 1 aromatic carbocycles.